The second-order valence-corrected chi connectivity index (χ2v) is 5.65. The highest BCUT2D eigenvalue weighted by Gasteiger charge is 2.31. The maximum absolute atomic E-state index is 4.73. The van der Waals surface area contributed by atoms with Crippen LogP contribution in [-0.4, -0.2) is 12.0 Å². The first-order valence-corrected chi connectivity index (χ1v) is 7.04. The standard InChI is InChI=1S/C13H24N2S/c1-6-8-9-13(7-2,14-5)12-15-10(3)11(4)16-12/h14H,6-9H2,1-5H3. The van der Waals surface area contributed by atoms with Crippen LogP contribution in [-0.2, 0) is 5.54 Å². The summed E-state index contributed by atoms with van der Waals surface area (Å²) in [5.74, 6) is 0. The Morgan fingerprint density at radius 1 is 1.31 bits per heavy atom. The van der Waals surface area contributed by atoms with E-state index in [1.807, 2.05) is 11.3 Å². The summed E-state index contributed by atoms with van der Waals surface area (Å²) in [4.78, 5) is 6.08. The van der Waals surface area contributed by atoms with Crippen LogP contribution in [0, 0.1) is 13.8 Å². The number of nitrogens with zero attached hydrogens (tertiary/aromatic N) is 1. The summed E-state index contributed by atoms with van der Waals surface area (Å²) in [6, 6.07) is 0. The topological polar surface area (TPSA) is 24.9 Å². The van der Waals surface area contributed by atoms with Crippen LogP contribution in [0.2, 0.25) is 0 Å². The summed E-state index contributed by atoms with van der Waals surface area (Å²) in [6.07, 6.45) is 4.79. The van der Waals surface area contributed by atoms with E-state index in [1.54, 1.807) is 0 Å². The van der Waals surface area contributed by atoms with Gasteiger partial charge in [-0.3, -0.25) is 0 Å². The van der Waals surface area contributed by atoms with E-state index in [4.69, 9.17) is 4.98 Å². The largest absolute Gasteiger partial charge is 0.308 e. The number of unbranched alkanes of at least 4 members (excludes halogenated alkanes) is 1. The van der Waals surface area contributed by atoms with Gasteiger partial charge in [0.15, 0.2) is 0 Å². The van der Waals surface area contributed by atoms with Gasteiger partial charge in [-0.1, -0.05) is 26.7 Å². The highest BCUT2D eigenvalue weighted by Crippen LogP contribution is 2.34. The Balaban J connectivity index is 2.99. The van der Waals surface area contributed by atoms with E-state index in [9.17, 15) is 0 Å². The molecule has 1 unspecified atom stereocenters. The van der Waals surface area contributed by atoms with Crippen molar-refractivity contribution < 1.29 is 0 Å². The Hall–Kier alpha value is -0.410. The summed E-state index contributed by atoms with van der Waals surface area (Å²) < 4.78 is 0. The van der Waals surface area contributed by atoms with E-state index in [2.05, 4.69) is 40.1 Å². The molecule has 0 saturated heterocycles. The fourth-order valence-electron chi connectivity index (χ4n) is 2.00. The first kappa shape index (κ1) is 13.7. The Kier molecular flexibility index (Phi) is 4.93. The van der Waals surface area contributed by atoms with Crippen LogP contribution in [0.15, 0.2) is 0 Å². The van der Waals surface area contributed by atoms with Gasteiger partial charge in [-0.05, 0) is 33.7 Å². The van der Waals surface area contributed by atoms with E-state index in [0.717, 1.165) is 6.42 Å². The van der Waals surface area contributed by atoms with Crippen LogP contribution in [0.4, 0.5) is 0 Å². The van der Waals surface area contributed by atoms with Crippen LogP contribution >= 0.6 is 11.3 Å². The zero-order chi connectivity index (χ0) is 12.2. The van der Waals surface area contributed by atoms with Crippen molar-refractivity contribution in [3.05, 3.63) is 15.6 Å². The molecule has 0 spiro atoms. The molecule has 1 N–H and O–H groups in total. The predicted octanol–water partition coefficient (Wildman–Crippen LogP) is 3.77. The van der Waals surface area contributed by atoms with Crippen LogP contribution in [0.5, 0.6) is 0 Å². The Morgan fingerprint density at radius 2 is 2.00 bits per heavy atom. The highest BCUT2D eigenvalue weighted by atomic mass is 32.1. The van der Waals surface area contributed by atoms with Gasteiger partial charge in [-0.25, -0.2) is 4.98 Å². The summed E-state index contributed by atoms with van der Waals surface area (Å²) >= 11 is 1.85. The maximum atomic E-state index is 4.73. The third kappa shape index (κ3) is 2.64. The van der Waals surface area contributed by atoms with Gasteiger partial charge in [0.1, 0.15) is 5.01 Å². The number of hydrogen-bond acceptors (Lipinski definition) is 3. The third-order valence-corrected chi connectivity index (χ3v) is 4.75. The molecule has 0 amide bonds. The second kappa shape index (κ2) is 5.78. The Labute approximate surface area is 103 Å². The number of aryl methyl sites for hydroxylation is 2. The van der Waals surface area contributed by atoms with Gasteiger partial charge in [0.25, 0.3) is 0 Å². The predicted molar refractivity (Wildman–Crippen MR) is 72.1 cm³/mol. The molecule has 0 radical (unpaired) electrons. The lowest BCUT2D eigenvalue weighted by Crippen LogP contribution is -2.39. The number of rotatable bonds is 6. The zero-order valence-corrected chi connectivity index (χ0v) is 12.0. The minimum atomic E-state index is 0.0969. The van der Waals surface area contributed by atoms with Crippen molar-refractivity contribution in [2.45, 2.75) is 58.9 Å². The van der Waals surface area contributed by atoms with E-state index < -0.39 is 0 Å². The summed E-state index contributed by atoms with van der Waals surface area (Å²) in [5.41, 5.74) is 1.28. The lowest BCUT2D eigenvalue weighted by Gasteiger charge is -2.30. The van der Waals surface area contributed by atoms with Gasteiger partial charge >= 0.3 is 0 Å². The lowest BCUT2D eigenvalue weighted by molar-refractivity contribution is 0.310. The minimum absolute atomic E-state index is 0.0969. The molecule has 0 aromatic carbocycles. The molecular formula is C13H24N2S. The van der Waals surface area contributed by atoms with Crippen molar-refractivity contribution >= 4 is 11.3 Å². The number of nitrogens with one attached hydrogen (secondary N) is 1. The Morgan fingerprint density at radius 3 is 2.38 bits per heavy atom. The first-order chi connectivity index (χ1) is 7.59. The molecule has 1 aromatic heterocycles. The van der Waals surface area contributed by atoms with Crippen molar-refractivity contribution in [1.82, 2.24) is 10.3 Å². The minimum Gasteiger partial charge on any atom is -0.308 e. The molecule has 0 aliphatic carbocycles. The molecule has 0 fully saturated rings. The molecule has 1 atom stereocenters. The fraction of sp³-hybridized carbons (Fsp3) is 0.769. The molecule has 16 heavy (non-hydrogen) atoms. The molecule has 92 valence electrons. The first-order valence-electron chi connectivity index (χ1n) is 6.23. The number of thiazole rings is 1. The fourth-order valence-corrected chi connectivity index (χ4v) is 3.21. The van der Waals surface area contributed by atoms with Crippen molar-refractivity contribution in [2.75, 3.05) is 7.05 Å². The van der Waals surface area contributed by atoms with Gasteiger partial charge in [-0.2, -0.15) is 0 Å². The van der Waals surface area contributed by atoms with Gasteiger partial charge < -0.3 is 5.32 Å². The number of aromatic nitrogens is 1. The molecule has 1 rings (SSSR count). The van der Waals surface area contributed by atoms with Crippen molar-refractivity contribution in [1.29, 1.82) is 0 Å². The quantitative estimate of drug-likeness (QED) is 0.818. The smallest absolute Gasteiger partial charge is 0.113 e. The van der Waals surface area contributed by atoms with Gasteiger partial charge in [0, 0.05) is 4.88 Å². The van der Waals surface area contributed by atoms with Crippen molar-refractivity contribution in [3.8, 4) is 0 Å². The molecule has 1 aromatic rings. The monoisotopic (exact) mass is 240 g/mol. The van der Waals surface area contributed by atoms with Crippen molar-refractivity contribution in [2.24, 2.45) is 0 Å². The molecule has 0 aliphatic rings. The van der Waals surface area contributed by atoms with Crippen molar-refractivity contribution in [3.63, 3.8) is 0 Å². The van der Waals surface area contributed by atoms with Crippen LogP contribution < -0.4 is 5.32 Å². The Bertz CT molecular complexity index is 307. The molecule has 2 nitrogen and oxygen atoms in total. The van der Waals surface area contributed by atoms with Gasteiger partial charge in [0.05, 0.1) is 11.2 Å². The molecule has 3 heteroatoms. The summed E-state index contributed by atoms with van der Waals surface area (Å²) in [6.45, 7) is 8.75. The SMILES string of the molecule is CCCCC(CC)(NC)c1nc(C)c(C)s1. The highest BCUT2D eigenvalue weighted by molar-refractivity contribution is 7.11. The molecule has 0 saturated carbocycles. The molecule has 0 aliphatic heterocycles. The van der Waals surface area contributed by atoms with Crippen LogP contribution in [0.1, 0.15) is 55.1 Å². The second-order valence-electron chi connectivity index (χ2n) is 4.45. The lowest BCUT2D eigenvalue weighted by atomic mass is 9.90. The van der Waals surface area contributed by atoms with E-state index >= 15 is 0 Å². The summed E-state index contributed by atoms with van der Waals surface area (Å²) in [7, 11) is 2.06. The third-order valence-electron chi connectivity index (χ3n) is 3.48. The molecule has 1 heterocycles. The molecule has 0 bridgehead atoms. The van der Waals surface area contributed by atoms with E-state index in [-0.39, 0.29) is 5.54 Å². The normalized spacial score (nSPS) is 15.1. The van der Waals surface area contributed by atoms with Crippen LogP contribution in [0.25, 0.3) is 0 Å². The average molecular weight is 240 g/mol. The van der Waals surface area contributed by atoms with E-state index in [1.165, 1.54) is 34.8 Å². The summed E-state index contributed by atoms with van der Waals surface area (Å²) in [5, 5.41) is 4.77. The van der Waals surface area contributed by atoms with Gasteiger partial charge in [0.2, 0.25) is 0 Å². The zero-order valence-electron chi connectivity index (χ0n) is 11.2. The number of hydrogen-bond donors (Lipinski definition) is 1. The maximum Gasteiger partial charge on any atom is 0.113 e. The van der Waals surface area contributed by atoms with E-state index in [0.29, 0.717) is 0 Å². The average Bonchev–Trinajstić information content (AvgIpc) is 2.62. The van der Waals surface area contributed by atoms with Crippen LogP contribution in [0.3, 0.4) is 0 Å². The van der Waals surface area contributed by atoms with Gasteiger partial charge in [-0.15, -0.1) is 11.3 Å². The molecular weight excluding hydrogens is 216 g/mol.